The summed E-state index contributed by atoms with van der Waals surface area (Å²) in [5, 5.41) is 20.2. The second kappa shape index (κ2) is 7.89. The molecule has 0 aliphatic carbocycles. The first-order valence-corrected chi connectivity index (χ1v) is 10.9. The maximum atomic E-state index is 14.5. The van der Waals surface area contributed by atoms with Crippen molar-refractivity contribution in [2.45, 2.75) is 51.3 Å². The summed E-state index contributed by atoms with van der Waals surface area (Å²) in [6.07, 6.45) is -6.24. The highest BCUT2D eigenvalue weighted by molar-refractivity contribution is 5.94. The Morgan fingerprint density at radius 1 is 1.08 bits per heavy atom. The molecule has 0 bridgehead atoms. The van der Waals surface area contributed by atoms with Crippen molar-refractivity contribution in [3.63, 3.8) is 0 Å². The van der Waals surface area contributed by atoms with E-state index in [0.717, 1.165) is 24.3 Å². The van der Waals surface area contributed by atoms with Gasteiger partial charge in [-0.05, 0) is 32.0 Å². The van der Waals surface area contributed by atoms with Gasteiger partial charge in [0.2, 0.25) is 0 Å². The van der Waals surface area contributed by atoms with Crippen molar-refractivity contribution < 1.29 is 46.1 Å². The summed E-state index contributed by atoms with van der Waals surface area (Å²) >= 11 is 0. The number of aliphatic carboxylic acids is 1. The van der Waals surface area contributed by atoms with Crippen LogP contribution in [0.25, 0.3) is 16.6 Å². The number of hydrogen-bond acceptors (Lipinski definition) is 3. The minimum atomic E-state index is -5.16. The standard InChI is InChI=1S/C25H23F6NO4/c1-22(2)11-36-24(4,10-23(3,21(34)35)25(29,30)31)19-18-16(7-12(26)8-17(18)33)32(20(19)22)13-5-6-14(27)15(28)9-13/h5-9,33H,10-11H2,1-4H3,(H,34,35)/t23-,24-/m1/s1. The van der Waals surface area contributed by atoms with Gasteiger partial charge in [-0.3, -0.25) is 4.79 Å². The fraction of sp³-hybridized carbons (Fsp3) is 0.400. The third-order valence-corrected chi connectivity index (χ3v) is 6.88. The first kappa shape index (κ1) is 25.9. The van der Waals surface area contributed by atoms with E-state index in [1.807, 2.05) is 0 Å². The molecule has 2 aromatic carbocycles. The SMILES string of the molecule is CC1(C)CO[C@](C)(C[C@](C)(C(=O)O)C(F)(F)F)c2c1n(-c1ccc(F)c(F)c1)c1cc(F)cc(O)c21. The topological polar surface area (TPSA) is 71.7 Å². The van der Waals surface area contributed by atoms with Crippen LogP contribution in [0, 0.1) is 22.9 Å². The summed E-state index contributed by atoms with van der Waals surface area (Å²) in [6.45, 7) is 4.97. The zero-order valence-corrected chi connectivity index (χ0v) is 19.7. The van der Waals surface area contributed by atoms with Gasteiger partial charge in [-0.1, -0.05) is 13.8 Å². The van der Waals surface area contributed by atoms with Crippen LogP contribution < -0.4 is 0 Å². The quantitative estimate of drug-likeness (QED) is 0.399. The molecule has 0 fully saturated rings. The normalized spacial score (nSPS) is 21.3. The largest absolute Gasteiger partial charge is 0.507 e. The number of hydrogen-bond donors (Lipinski definition) is 2. The van der Waals surface area contributed by atoms with Gasteiger partial charge in [0.1, 0.15) is 11.6 Å². The molecule has 5 nitrogen and oxygen atoms in total. The molecule has 194 valence electrons. The Balaban J connectivity index is 2.14. The van der Waals surface area contributed by atoms with Gasteiger partial charge in [0.25, 0.3) is 0 Å². The van der Waals surface area contributed by atoms with Crippen LogP contribution in [0.5, 0.6) is 5.75 Å². The molecule has 11 heteroatoms. The fourth-order valence-corrected chi connectivity index (χ4v) is 5.00. The van der Waals surface area contributed by atoms with E-state index in [0.29, 0.717) is 6.92 Å². The van der Waals surface area contributed by atoms with Crippen molar-refractivity contribution in [1.82, 2.24) is 4.57 Å². The molecule has 0 amide bonds. The second-order valence-electron chi connectivity index (χ2n) is 10.2. The Kier molecular flexibility index (Phi) is 5.67. The average Bonchev–Trinajstić information content (AvgIpc) is 3.10. The van der Waals surface area contributed by atoms with Crippen LogP contribution >= 0.6 is 0 Å². The third-order valence-electron chi connectivity index (χ3n) is 6.88. The number of phenols is 1. The Bertz CT molecular complexity index is 1400. The van der Waals surface area contributed by atoms with Crippen molar-refractivity contribution in [3.8, 4) is 11.4 Å². The minimum absolute atomic E-state index is 0.00714. The number of alkyl halides is 3. The molecular weight excluding hydrogens is 492 g/mol. The summed E-state index contributed by atoms with van der Waals surface area (Å²) in [7, 11) is 0. The molecule has 1 aliphatic rings. The van der Waals surface area contributed by atoms with Crippen LogP contribution in [0.2, 0.25) is 0 Å². The Morgan fingerprint density at radius 2 is 1.72 bits per heavy atom. The Hall–Kier alpha value is -3.21. The first-order valence-electron chi connectivity index (χ1n) is 10.9. The highest BCUT2D eigenvalue weighted by atomic mass is 19.4. The van der Waals surface area contributed by atoms with Crippen LogP contribution in [0.3, 0.4) is 0 Å². The van der Waals surface area contributed by atoms with E-state index < -0.39 is 58.2 Å². The van der Waals surface area contributed by atoms with Crippen LogP contribution in [-0.2, 0) is 20.5 Å². The molecule has 0 saturated carbocycles. The molecule has 0 unspecified atom stereocenters. The van der Waals surface area contributed by atoms with E-state index in [4.69, 9.17) is 4.74 Å². The molecule has 2 heterocycles. The monoisotopic (exact) mass is 515 g/mol. The number of halogens is 6. The molecular formula is C25H23F6NO4. The number of carboxylic acids is 1. The molecule has 0 spiro atoms. The summed E-state index contributed by atoms with van der Waals surface area (Å²) in [5.74, 6) is -5.99. The van der Waals surface area contributed by atoms with E-state index in [1.165, 1.54) is 17.6 Å². The molecule has 2 atom stereocenters. The lowest BCUT2D eigenvalue weighted by atomic mass is 9.71. The van der Waals surface area contributed by atoms with E-state index in [1.54, 1.807) is 13.8 Å². The molecule has 0 radical (unpaired) electrons. The van der Waals surface area contributed by atoms with Gasteiger partial charge in [-0.15, -0.1) is 0 Å². The average molecular weight is 515 g/mol. The van der Waals surface area contributed by atoms with Gasteiger partial charge < -0.3 is 19.5 Å². The van der Waals surface area contributed by atoms with E-state index in [-0.39, 0.29) is 34.5 Å². The van der Waals surface area contributed by atoms with Gasteiger partial charge in [0.05, 0.1) is 17.7 Å². The summed E-state index contributed by atoms with van der Waals surface area (Å²) in [4.78, 5) is 11.8. The lowest BCUT2D eigenvalue weighted by Gasteiger charge is -2.45. The highest BCUT2D eigenvalue weighted by Crippen LogP contribution is 2.55. The molecule has 3 aromatic rings. The predicted octanol–water partition coefficient (Wildman–Crippen LogP) is 6.32. The number of benzene rings is 2. The van der Waals surface area contributed by atoms with Crippen LogP contribution in [-0.4, -0.2) is 33.5 Å². The van der Waals surface area contributed by atoms with Gasteiger partial charge in [-0.2, -0.15) is 13.2 Å². The molecule has 1 aromatic heterocycles. The number of aromatic hydroxyl groups is 1. The van der Waals surface area contributed by atoms with Gasteiger partial charge in [0.15, 0.2) is 17.0 Å². The van der Waals surface area contributed by atoms with Crippen LogP contribution in [0.15, 0.2) is 30.3 Å². The zero-order chi connectivity index (χ0) is 27.0. The number of carbonyl (C=O) groups is 1. The first-order chi connectivity index (χ1) is 16.4. The fourth-order valence-electron chi connectivity index (χ4n) is 5.00. The summed E-state index contributed by atoms with van der Waals surface area (Å²) in [6, 6.07) is 4.67. The lowest BCUT2D eigenvalue weighted by Crippen LogP contribution is -2.51. The number of phenolic OH excluding ortho intramolecular Hbond substituents is 1. The number of rotatable bonds is 4. The summed E-state index contributed by atoms with van der Waals surface area (Å²) < 4.78 is 91.6. The van der Waals surface area contributed by atoms with Crippen molar-refractivity contribution >= 4 is 16.9 Å². The van der Waals surface area contributed by atoms with Crippen LogP contribution in [0.4, 0.5) is 26.3 Å². The zero-order valence-electron chi connectivity index (χ0n) is 19.7. The molecule has 4 rings (SSSR count). The number of aromatic nitrogens is 1. The van der Waals surface area contributed by atoms with Gasteiger partial charge in [-0.25, -0.2) is 13.2 Å². The Labute approximate surface area is 201 Å². The number of ether oxygens (including phenoxy) is 1. The molecule has 0 saturated heterocycles. The third kappa shape index (κ3) is 3.71. The van der Waals surface area contributed by atoms with Crippen molar-refractivity contribution in [2.75, 3.05) is 6.61 Å². The van der Waals surface area contributed by atoms with E-state index in [2.05, 4.69) is 0 Å². The number of carboxylic acid groups (broad SMARTS) is 1. The van der Waals surface area contributed by atoms with E-state index in [9.17, 15) is 41.4 Å². The second-order valence-corrected chi connectivity index (χ2v) is 10.2. The Morgan fingerprint density at radius 3 is 2.28 bits per heavy atom. The highest BCUT2D eigenvalue weighted by Gasteiger charge is 2.62. The maximum absolute atomic E-state index is 14.5. The lowest BCUT2D eigenvalue weighted by molar-refractivity contribution is -0.244. The molecule has 2 N–H and O–H groups in total. The summed E-state index contributed by atoms with van der Waals surface area (Å²) in [5.41, 5.74) is -5.91. The predicted molar refractivity (Wildman–Crippen MR) is 118 cm³/mol. The maximum Gasteiger partial charge on any atom is 0.404 e. The van der Waals surface area contributed by atoms with Crippen LogP contribution in [0.1, 0.15) is 45.4 Å². The number of fused-ring (bicyclic) bond motifs is 3. The molecule has 1 aliphatic heterocycles. The minimum Gasteiger partial charge on any atom is -0.507 e. The van der Waals surface area contributed by atoms with Crippen molar-refractivity contribution in [2.24, 2.45) is 5.41 Å². The smallest absolute Gasteiger partial charge is 0.404 e. The van der Waals surface area contributed by atoms with E-state index >= 15 is 0 Å². The van der Waals surface area contributed by atoms with Crippen molar-refractivity contribution in [1.29, 1.82) is 0 Å². The number of nitrogens with zero attached hydrogens (tertiary/aromatic N) is 1. The van der Waals surface area contributed by atoms with Crippen molar-refractivity contribution in [3.05, 3.63) is 59.0 Å². The van der Waals surface area contributed by atoms with Gasteiger partial charge >= 0.3 is 12.1 Å². The molecule has 36 heavy (non-hydrogen) atoms. The van der Waals surface area contributed by atoms with Gasteiger partial charge in [0, 0.05) is 46.3 Å².